The van der Waals surface area contributed by atoms with Crippen LogP contribution in [-0.4, -0.2) is 53.0 Å². The lowest BCUT2D eigenvalue weighted by Gasteiger charge is -2.34. The number of thiophene rings is 1. The Bertz CT molecular complexity index is 980. The predicted octanol–water partition coefficient (Wildman–Crippen LogP) is 1.56. The molecule has 4 rings (SSSR count). The van der Waals surface area contributed by atoms with Gasteiger partial charge in [0, 0.05) is 36.9 Å². The number of amides is 1. The number of rotatable bonds is 5. The van der Waals surface area contributed by atoms with Crippen molar-refractivity contribution in [1.29, 1.82) is 0 Å². The molecule has 1 aliphatic heterocycles. The van der Waals surface area contributed by atoms with Crippen molar-refractivity contribution in [2.24, 2.45) is 0 Å². The predicted molar refractivity (Wildman–Crippen MR) is 103 cm³/mol. The number of hydrogen-bond donors (Lipinski definition) is 1. The summed E-state index contributed by atoms with van der Waals surface area (Å²) in [6.45, 7) is 3.44. The van der Waals surface area contributed by atoms with Gasteiger partial charge in [0.1, 0.15) is 11.2 Å². The van der Waals surface area contributed by atoms with Gasteiger partial charge in [0.15, 0.2) is 0 Å². The minimum Gasteiger partial charge on any atom is -0.379 e. The van der Waals surface area contributed by atoms with E-state index >= 15 is 0 Å². The Morgan fingerprint density at radius 2 is 2.11 bits per heavy atom. The van der Waals surface area contributed by atoms with Crippen LogP contribution < -0.4 is 10.9 Å². The molecule has 1 unspecified atom stereocenters. The summed E-state index contributed by atoms with van der Waals surface area (Å²) < 4.78 is 6.82. The van der Waals surface area contributed by atoms with Crippen LogP contribution in [-0.2, 0) is 4.74 Å². The zero-order valence-corrected chi connectivity index (χ0v) is 15.5. The third kappa shape index (κ3) is 3.78. The van der Waals surface area contributed by atoms with Gasteiger partial charge >= 0.3 is 0 Å². The fourth-order valence-electron chi connectivity index (χ4n) is 3.25. The first-order chi connectivity index (χ1) is 13.2. The van der Waals surface area contributed by atoms with Crippen molar-refractivity contribution in [2.45, 2.75) is 6.04 Å². The van der Waals surface area contributed by atoms with E-state index in [1.165, 1.54) is 15.5 Å². The number of ether oxygens (including phenoxy) is 1. The molecule has 1 atom stereocenters. The molecule has 3 aromatic rings. The number of pyridine rings is 1. The van der Waals surface area contributed by atoms with E-state index in [2.05, 4.69) is 21.3 Å². The molecular weight excluding hydrogens is 364 g/mol. The van der Waals surface area contributed by atoms with E-state index in [1.807, 2.05) is 11.4 Å². The Morgan fingerprint density at radius 3 is 2.89 bits per heavy atom. The summed E-state index contributed by atoms with van der Waals surface area (Å²) in [5.41, 5.74) is 0.201. The molecular formula is C19H20N4O3S. The number of fused-ring (bicyclic) bond motifs is 1. The fraction of sp³-hybridized carbons (Fsp3) is 0.316. The molecule has 140 valence electrons. The molecule has 0 aromatic carbocycles. The van der Waals surface area contributed by atoms with Crippen molar-refractivity contribution in [1.82, 2.24) is 19.6 Å². The molecule has 1 N–H and O–H groups in total. The number of carbonyl (C=O) groups is 1. The molecule has 0 saturated carbocycles. The number of aromatic nitrogens is 2. The second kappa shape index (κ2) is 7.99. The van der Waals surface area contributed by atoms with Crippen LogP contribution in [0.1, 0.15) is 21.3 Å². The lowest BCUT2D eigenvalue weighted by atomic mass is 10.1. The first-order valence-electron chi connectivity index (χ1n) is 8.84. The highest BCUT2D eigenvalue weighted by Gasteiger charge is 2.24. The highest BCUT2D eigenvalue weighted by atomic mass is 32.1. The van der Waals surface area contributed by atoms with Crippen molar-refractivity contribution in [3.8, 4) is 0 Å². The lowest BCUT2D eigenvalue weighted by molar-refractivity contribution is 0.0169. The van der Waals surface area contributed by atoms with Crippen LogP contribution in [0.15, 0.2) is 52.9 Å². The fourth-order valence-corrected chi connectivity index (χ4v) is 4.11. The smallest absolute Gasteiger partial charge is 0.270 e. The molecule has 8 heteroatoms. The average Bonchev–Trinajstić information content (AvgIpc) is 3.24. The molecule has 0 spiro atoms. The van der Waals surface area contributed by atoms with Gasteiger partial charge in [-0.2, -0.15) is 0 Å². The second-order valence-electron chi connectivity index (χ2n) is 6.30. The minimum atomic E-state index is -0.402. The van der Waals surface area contributed by atoms with E-state index in [0.717, 1.165) is 13.1 Å². The number of morpholine rings is 1. The standard InChI is InChI=1S/C19H20N4O3S/c24-18(14-12-20-17-5-1-2-6-23(17)19(14)25)21-13-15(16-4-3-11-27-16)22-7-9-26-10-8-22/h1-6,11-12,15H,7-10,13H2,(H,21,24). The van der Waals surface area contributed by atoms with E-state index in [1.54, 1.807) is 35.7 Å². The van der Waals surface area contributed by atoms with E-state index in [-0.39, 0.29) is 17.2 Å². The average molecular weight is 384 g/mol. The highest BCUT2D eigenvalue weighted by molar-refractivity contribution is 7.10. The molecule has 27 heavy (non-hydrogen) atoms. The number of hydrogen-bond acceptors (Lipinski definition) is 6. The Kier molecular flexibility index (Phi) is 5.28. The summed E-state index contributed by atoms with van der Waals surface area (Å²) in [4.78, 5) is 32.9. The zero-order chi connectivity index (χ0) is 18.6. The number of nitrogens with one attached hydrogen (secondary N) is 1. The Hall–Kier alpha value is -2.55. The van der Waals surface area contributed by atoms with Gasteiger partial charge in [0.05, 0.1) is 19.3 Å². The summed E-state index contributed by atoms with van der Waals surface area (Å²) >= 11 is 1.67. The van der Waals surface area contributed by atoms with E-state index in [4.69, 9.17) is 4.74 Å². The number of nitrogens with zero attached hydrogens (tertiary/aromatic N) is 3. The van der Waals surface area contributed by atoms with E-state index in [0.29, 0.717) is 25.4 Å². The first-order valence-corrected chi connectivity index (χ1v) is 9.72. The normalized spacial score (nSPS) is 16.3. The van der Waals surface area contributed by atoms with Gasteiger partial charge in [-0.3, -0.25) is 18.9 Å². The van der Waals surface area contributed by atoms with Crippen LogP contribution in [0.3, 0.4) is 0 Å². The molecule has 0 bridgehead atoms. The van der Waals surface area contributed by atoms with Gasteiger partial charge < -0.3 is 10.1 Å². The quantitative estimate of drug-likeness (QED) is 0.723. The van der Waals surface area contributed by atoms with Gasteiger partial charge in [0.2, 0.25) is 0 Å². The molecule has 3 aromatic heterocycles. The van der Waals surface area contributed by atoms with Crippen molar-refractivity contribution in [3.05, 3.63) is 68.9 Å². The van der Waals surface area contributed by atoms with Crippen LogP contribution >= 0.6 is 11.3 Å². The summed E-state index contributed by atoms with van der Waals surface area (Å²) in [7, 11) is 0. The van der Waals surface area contributed by atoms with E-state index < -0.39 is 5.91 Å². The Balaban J connectivity index is 1.53. The largest absolute Gasteiger partial charge is 0.379 e. The lowest BCUT2D eigenvalue weighted by Crippen LogP contribution is -2.44. The molecule has 0 aliphatic carbocycles. The van der Waals surface area contributed by atoms with Gasteiger partial charge in [-0.1, -0.05) is 12.1 Å². The van der Waals surface area contributed by atoms with Crippen molar-refractivity contribution >= 4 is 22.9 Å². The highest BCUT2D eigenvalue weighted by Crippen LogP contribution is 2.25. The summed E-state index contributed by atoms with van der Waals surface area (Å²) in [6, 6.07) is 9.42. The van der Waals surface area contributed by atoms with Gasteiger partial charge in [0.25, 0.3) is 11.5 Å². The molecule has 1 aliphatic rings. The van der Waals surface area contributed by atoms with Crippen molar-refractivity contribution in [3.63, 3.8) is 0 Å². The van der Waals surface area contributed by atoms with Gasteiger partial charge in [-0.25, -0.2) is 4.98 Å². The third-order valence-corrected chi connectivity index (χ3v) is 5.65. The topological polar surface area (TPSA) is 75.9 Å². The zero-order valence-electron chi connectivity index (χ0n) is 14.7. The SMILES string of the molecule is O=C(NCC(c1cccs1)N1CCOCC1)c1cnc2ccccn2c1=O. The summed E-state index contributed by atoms with van der Waals surface area (Å²) in [5, 5.41) is 4.95. The van der Waals surface area contributed by atoms with Crippen LogP contribution in [0, 0.1) is 0 Å². The maximum absolute atomic E-state index is 12.7. The monoisotopic (exact) mass is 384 g/mol. The van der Waals surface area contributed by atoms with Crippen LogP contribution in [0.4, 0.5) is 0 Å². The summed E-state index contributed by atoms with van der Waals surface area (Å²) in [5.74, 6) is -0.402. The van der Waals surface area contributed by atoms with Crippen LogP contribution in [0.5, 0.6) is 0 Å². The third-order valence-electron chi connectivity index (χ3n) is 4.67. The Labute approximate surface area is 160 Å². The van der Waals surface area contributed by atoms with Crippen molar-refractivity contribution in [2.75, 3.05) is 32.8 Å². The maximum atomic E-state index is 12.7. The van der Waals surface area contributed by atoms with Crippen LogP contribution in [0.2, 0.25) is 0 Å². The second-order valence-corrected chi connectivity index (χ2v) is 7.27. The van der Waals surface area contributed by atoms with Gasteiger partial charge in [-0.05, 0) is 23.6 Å². The maximum Gasteiger partial charge on any atom is 0.270 e. The van der Waals surface area contributed by atoms with Gasteiger partial charge in [-0.15, -0.1) is 11.3 Å². The molecule has 7 nitrogen and oxygen atoms in total. The van der Waals surface area contributed by atoms with Crippen LogP contribution in [0.25, 0.3) is 5.65 Å². The Morgan fingerprint density at radius 1 is 1.26 bits per heavy atom. The van der Waals surface area contributed by atoms with Crippen molar-refractivity contribution < 1.29 is 9.53 Å². The first kappa shape index (κ1) is 17.8. The molecule has 1 amide bonds. The molecule has 1 fully saturated rings. The number of carbonyl (C=O) groups excluding carboxylic acids is 1. The molecule has 0 radical (unpaired) electrons. The minimum absolute atomic E-state index is 0.0469. The van der Waals surface area contributed by atoms with E-state index in [9.17, 15) is 9.59 Å². The summed E-state index contributed by atoms with van der Waals surface area (Å²) in [6.07, 6.45) is 2.96. The molecule has 4 heterocycles. The molecule has 1 saturated heterocycles.